The van der Waals surface area contributed by atoms with Gasteiger partial charge in [0.1, 0.15) is 0 Å². The van der Waals surface area contributed by atoms with Gasteiger partial charge in [-0.15, -0.1) is 0 Å². The van der Waals surface area contributed by atoms with Crippen LogP contribution in [0, 0.1) is 6.92 Å². The molecule has 0 saturated heterocycles. The van der Waals surface area contributed by atoms with Crippen molar-refractivity contribution < 1.29 is 0 Å². The van der Waals surface area contributed by atoms with E-state index in [0.717, 1.165) is 16.7 Å². The minimum absolute atomic E-state index is 0.850. The number of hydrogen-bond donors (Lipinski definition) is 1. The number of rotatable bonds is 3. The number of benzene rings is 2. The first-order chi connectivity index (χ1) is 7.75. The van der Waals surface area contributed by atoms with Gasteiger partial charge in [0.2, 0.25) is 0 Å². The lowest BCUT2D eigenvalue weighted by molar-refractivity contribution is 1.14. The van der Waals surface area contributed by atoms with Crippen LogP contribution in [0.4, 0.5) is 5.69 Å². The van der Waals surface area contributed by atoms with Gasteiger partial charge in [-0.1, -0.05) is 42.0 Å². The zero-order valence-electron chi connectivity index (χ0n) is 9.20. The molecule has 2 rings (SSSR count). The smallest absolute Gasteiger partial charge is 0.0487 e. The first-order valence-electron chi connectivity index (χ1n) is 5.29. The van der Waals surface area contributed by atoms with Crippen LogP contribution in [0.1, 0.15) is 11.1 Å². The number of nitrogens with one attached hydrogen (secondary N) is 1. The number of halogens is 1. The van der Waals surface area contributed by atoms with E-state index in [1.165, 1.54) is 11.1 Å². The molecule has 2 aromatic rings. The molecule has 0 aliphatic carbocycles. The molecule has 0 atom stereocenters. The predicted molar refractivity (Wildman–Crippen MR) is 72.6 cm³/mol. The monoisotopic (exact) mass is 275 g/mol. The summed E-state index contributed by atoms with van der Waals surface area (Å²) in [5, 5.41) is 3.40. The molecule has 0 bridgehead atoms. The molecular weight excluding hydrogens is 262 g/mol. The number of anilines is 1. The van der Waals surface area contributed by atoms with Crippen LogP contribution in [0.3, 0.4) is 0 Å². The molecule has 0 fully saturated rings. The average molecular weight is 276 g/mol. The summed E-state index contributed by atoms with van der Waals surface area (Å²) in [5.41, 5.74) is 3.72. The van der Waals surface area contributed by atoms with Crippen molar-refractivity contribution in [1.29, 1.82) is 0 Å². The van der Waals surface area contributed by atoms with Crippen molar-refractivity contribution in [2.75, 3.05) is 5.32 Å². The Kier molecular flexibility index (Phi) is 3.62. The van der Waals surface area contributed by atoms with Crippen LogP contribution < -0.4 is 5.32 Å². The Bertz CT molecular complexity index is 462. The fraction of sp³-hybridized carbons (Fsp3) is 0.143. The third-order valence-corrected chi connectivity index (χ3v) is 3.17. The lowest BCUT2D eigenvalue weighted by Gasteiger charge is -2.08. The van der Waals surface area contributed by atoms with E-state index >= 15 is 0 Å². The molecule has 0 unspecified atom stereocenters. The molecule has 0 heterocycles. The van der Waals surface area contributed by atoms with E-state index in [2.05, 4.69) is 58.5 Å². The quantitative estimate of drug-likeness (QED) is 0.877. The van der Waals surface area contributed by atoms with Gasteiger partial charge in [-0.25, -0.2) is 0 Å². The molecular formula is C14H14BrN. The van der Waals surface area contributed by atoms with Crippen molar-refractivity contribution >= 4 is 21.6 Å². The fourth-order valence-corrected chi connectivity index (χ4v) is 1.93. The average Bonchev–Trinajstić information content (AvgIpc) is 2.30. The molecule has 0 aliphatic heterocycles. The summed E-state index contributed by atoms with van der Waals surface area (Å²) in [6.45, 7) is 2.95. The second kappa shape index (κ2) is 5.17. The van der Waals surface area contributed by atoms with E-state index in [9.17, 15) is 0 Å². The third-order valence-electron chi connectivity index (χ3n) is 2.48. The molecule has 0 saturated carbocycles. The van der Waals surface area contributed by atoms with Gasteiger partial charge in [-0.3, -0.25) is 0 Å². The Morgan fingerprint density at radius 3 is 2.38 bits per heavy atom. The van der Waals surface area contributed by atoms with Crippen molar-refractivity contribution in [3.8, 4) is 0 Å². The molecule has 0 spiro atoms. The fourth-order valence-electron chi connectivity index (χ4n) is 1.51. The van der Waals surface area contributed by atoms with Gasteiger partial charge in [-0.2, -0.15) is 0 Å². The minimum atomic E-state index is 0.850. The lowest BCUT2D eigenvalue weighted by atomic mass is 10.1. The zero-order valence-corrected chi connectivity index (χ0v) is 10.8. The highest BCUT2D eigenvalue weighted by atomic mass is 79.9. The molecule has 0 aromatic heterocycles. The van der Waals surface area contributed by atoms with E-state index in [1.54, 1.807) is 0 Å². The SMILES string of the molecule is Cc1ccc(CNc2ccccc2Br)cc1. The molecule has 16 heavy (non-hydrogen) atoms. The first kappa shape index (κ1) is 11.2. The Balaban J connectivity index is 2.02. The highest BCUT2D eigenvalue weighted by Gasteiger charge is 1.97. The minimum Gasteiger partial charge on any atom is -0.380 e. The molecule has 1 nitrogen and oxygen atoms in total. The van der Waals surface area contributed by atoms with Crippen molar-refractivity contribution in [3.63, 3.8) is 0 Å². The van der Waals surface area contributed by atoms with Crippen molar-refractivity contribution in [3.05, 3.63) is 64.1 Å². The summed E-state index contributed by atoms with van der Waals surface area (Å²) in [7, 11) is 0. The maximum atomic E-state index is 3.52. The van der Waals surface area contributed by atoms with Crippen LogP contribution in [0.25, 0.3) is 0 Å². The highest BCUT2D eigenvalue weighted by Crippen LogP contribution is 2.21. The van der Waals surface area contributed by atoms with Gasteiger partial charge in [0.15, 0.2) is 0 Å². The van der Waals surface area contributed by atoms with E-state index in [-0.39, 0.29) is 0 Å². The number of aryl methyl sites for hydroxylation is 1. The third kappa shape index (κ3) is 2.86. The maximum Gasteiger partial charge on any atom is 0.0487 e. The summed E-state index contributed by atoms with van der Waals surface area (Å²) in [6, 6.07) is 16.7. The maximum absolute atomic E-state index is 3.52. The van der Waals surface area contributed by atoms with Crippen LogP contribution in [0.15, 0.2) is 53.0 Å². The summed E-state index contributed by atoms with van der Waals surface area (Å²) >= 11 is 3.52. The molecule has 2 aromatic carbocycles. The molecule has 1 N–H and O–H groups in total. The summed E-state index contributed by atoms with van der Waals surface area (Å²) in [6.07, 6.45) is 0. The van der Waals surface area contributed by atoms with E-state index in [0.29, 0.717) is 0 Å². The van der Waals surface area contributed by atoms with Crippen molar-refractivity contribution in [1.82, 2.24) is 0 Å². The van der Waals surface area contributed by atoms with Gasteiger partial charge in [-0.05, 0) is 40.5 Å². The normalized spacial score (nSPS) is 10.1. The van der Waals surface area contributed by atoms with Crippen LogP contribution in [-0.2, 0) is 6.54 Å². The van der Waals surface area contributed by atoms with Crippen molar-refractivity contribution in [2.24, 2.45) is 0 Å². The molecule has 2 heteroatoms. The van der Waals surface area contributed by atoms with Gasteiger partial charge in [0.05, 0.1) is 0 Å². The Labute approximate surface area is 105 Å². The Morgan fingerprint density at radius 2 is 1.69 bits per heavy atom. The number of para-hydroxylation sites is 1. The lowest BCUT2D eigenvalue weighted by Crippen LogP contribution is -1.99. The Morgan fingerprint density at radius 1 is 1.00 bits per heavy atom. The van der Waals surface area contributed by atoms with Gasteiger partial charge >= 0.3 is 0 Å². The van der Waals surface area contributed by atoms with Gasteiger partial charge in [0, 0.05) is 16.7 Å². The standard InChI is InChI=1S/C14H14BrN/c1-11-6-8-12(9-7-11)10-16-14-5-3-2-4-13(14)15/h2-9,16H,10H2,1H3. The highest BCUT2D eigenvalue weighted by molar-refractivity contribution is 9.10. The Hall–Kier alpha value is -1.28. The predicted octanol–water partition coefficient (Wildman–Crippen LogP) is 4.37. The molecule has 0 radical (unpaired) electrons. The molecule has 0 aliphatic rings. The first-order valence-corrected chi connectivity index (χ1v) is 6.09. The van der Waals surface area contributed by atoms with Gasteiger partial charge < -0.3 is 5.32 Å². The van der Waals surface area contributed by atoms with E-state index < -0.39 is 0 Å². The number of hydrogen-bond acceptors (Lipinski definition) is 1. The summed E-state index contributed by atoms with van der Waals surface area (Å²) in [4.78, 5) is 0. The molecule has 0 amide bonds. The second-order valence-corrected chi connectivity index (χ2v) is 4.67. The van der Waals surface area contributed by atoms with Gasteiger partial charge in [0.25, 0.3) is 0 Å². The zero-order chi connectivity index (χ0) is 11.4. The topological polar surface area (TPSA) is 12.0 Å². The summed E-state index contributed by atoms with van der Waals surface area (Å²) < 4.78 is 1.10. The van der Waals surface area contributed by atoms with Crippen LogP contribution >= 0.6 is 15.9 Å². The van der Waals surface area contributed by atoms with E-state index in [1.807, 2.05) is 18.2 Å². The van der Waals surface area contributed by atoms with Crippen LogP contribution in [0.5, 0.6) is 0 Å². The van der Waals surface area contributed by atoms with Crippen LogP contribution in [-0.4, -0.2) is 0 Å². The second-order valence-electron chi connectivity index (χ2n) is 3.82. The van der Waals surface area contributed by atoms with Crippen molar-refractivity contribution in [2.45, 2.75) is 13.5 Å². The molecule has 82 valence electrons. The largest absolute Gasteiger partial charge is 0.380 e. The van der Waals surface area contributed by atoms with E-state index in [4.69, 9.17) is 0 Å². The summed E-state index contributed by atoms with van der Waals surface area (Å²) in [5.74, 6) is 0. The van der Waals surface area contributed by atoms with Crippen LogP contribution in [0.2, 0.25) is 0 Å².